The van der Waals surface area contributed by atoms with Crippen LogP contribution in [0.1, 0.15) is 5.56 Å². The zero-order valence-corrected chi connectivity index (χ0v) is 20.7. The van der Waals surface area contributed by atoms with Gasteiger partial charge in [-0.25, -0.2) is 4.98 Å². The van der Waals surface area contributed by atoms with E-state index in [2.05, 4.69) is 16.7 Å². The molecule has 0 unspecified atom stereocenters. The second kappa shape index (κ2) is 10.2. The maximum Gasteiger partial charge on any atom is 0.315 e. The van der Waals surface area contributed by atoms with Gasteiger partial charge in [0.1, 0.15) is 12.2 Å². The Bertz CT molecular complexity index is 1810. The fourth-order valence-corrected chi connectivity index (χ4v) is 4.08. The molecule has 0 radical (unpaired) electrons. The van der Waals surface area contributed by atoms with Crippen LogP contribution in [0.2, 0.25) is 5.02 Å². The third-order valence-corrected chi connectivity index (χ3v) is 5.83. The normalized spacial score (nSPS) is 11.3. The highest BCUT2D eigenvalue weighted by atomic mass is 35.5. The van der Waals surface area contributed by atoms with E-state index in [9.17, 15) is 14.9 Å². The van der Waals surface area contributed by atoms with Gasteiger partial charge in [-0.1, -0.05) is 36.4 Å². The van der Waals surface area contributed by atoms with E-state index in [0.29, 0.717) is 32.8 Å². The number of fused-ring (bicyclic) bond motifs is 2. The van der Waals surface area contributed by atoms with Crippen LogP contribution in [0.25, 0.3) is 33.5 Å². The van der Waals surface area contributed by atoms with Crippen molar-refractivity contribution >= 4 is 45.4 Å². The molecule has 0 saturated carbocycles. The highest BCUT2D eigenvalue weighted by molar-refractivity contribution is 6.31. The van der Waals surface area contributed by atoms with Gasteiger partial charge in [0.15, 0.2) is 11.5 Å². The van der Waals surface area contributed by atoms with E-state index in [0.717, 1.165) is 10.1 Å². The van der Waals surface area contributed by atoms with Crippen LogP contribution in [0, 0.1) is 10.1 Å². The summed E-state index contributed by atoms with van der Waals surface area (Å²) in [6, 6.07) is 16.5. The van der Waals surface area contributed by atoms with Crippen LogP contribution in [0.3, 0.4) is 0 Å². The van der Waals surface area contributed by atoms with Crippen LogP contribution in [0.15, 0.2) is 87.6 Å². The van der Waals surface area contributed by atoms with Crippen molar-refractivity contribution in [3.05, 3.63) is 104 Å². The highest BCUT2D eigenvalue weighted by Gasteiger charge is 2.22. The van der Waals surface area contributed by atoms with Gasteiger partial charge < -0.3 is 13.9 Å². The molecule has 2 aromatic heterocycles. The van der Waals surface area contributed by atoms with Crippen molar-refractivity contribution in [3.8, 4) is 23.1 Å². The molecule has 0 saturated heterocycles. The molecule has 0 atom stereocenters. The van der Waals surface area contributed by atoms with E-state index in [1.807, 2.05) is 0 Å². The maximum absolute atomic E-state index is 13.5. The first-order valence-corrected chi connectivity index (χ1v) is 11.6. The van der Waals surface area contributed by atoms with E-state index in [-0.39, 0.29) is 29.6 Å². The smallest absolute Gasteiger partial charge is 0.315 e. The molecule has 38 heavy (non-hydrogen) atoms. The molecule has 0 amide bonds. The van der Waals surface area contributed by atoms with Crippen LogP contribution in [0.5, 0.6) is 11.5 Å². The first-order valence-electron chi connectivity index (χ1n) is 11.3. The largest absolute Gasteiger partial charge is 0.493 e. The standard InChI is InChI=1S/C27H19ClN4O6/c1-3-10-37-25-21(32(34)35)11-16(12-23(25)36-2)15-29-31-26(30-20-7-5-4-6-19(20)27(31)33)24-14-17-13-18(28)8-9-22(17)38-24/h3-9,11-15H,1,10H2,2H3. The van der Waals surface area contributed by atoms with Gasteiger partial charge in [0.25, 0.3) is 5.56 Å². The molecule has 5 aromatic rings. The Labute approximate surface area is 220 Å². The van der Waals surface area contributed by atoms with Crippen LogP contribution in [0.4, 0.5) is 5.69 Å². The molecule has 0 bridgehead atoms. The topological polar surface area (TPSA) is 122 Å². The molecular formula is C27H19ClN4O6. The molecule has 0 fully saturated rings. The number of hydrogen-bond acceptors (Lipinski definition) is 8. The Morgan fingerprint density at radius 1 is 1.21 bits per heavy atom. The summed E-state index contributed by atoms with van der Waals surface area (Å²) in [4.78, 5) is 29.2. The summed E-state index contributed by atoms with van der Waals surface area (Å²) in [5, 5.41) is 17.7. The van der Waals surface area contributed by atoms with Crippen LogP contribution < -0.4 is 15.0 Å². The summed E-state index contributed by atoms with van der Waals surface area (Å²) in [5.74, 6) is 0.519. The van der Waals surface area contributed by atoms with E-state index >= 15 is 0 Å². The predicted octanol–water partition coefficient (Wildman–Crippen LogP) is 5.83. The number of benzene rings is 3. The molecule has 2 heterocycles. The SMILES string of the molecule is C=CCOc1c(OC)cc(C=Nn2c(-c3cc4cc(Cl)ccc4o3)nc3ccccc3c2=O)cc1[N+](=O)[O-]. The maximum atomic E-state index is 13.5. The lowest BCUT2D eigenvalue weighted by Crippen LogP contribution is -2.20. The second-order valence-electron chi connectivity index (χ2n) is 8.04. The fraction of sp³-hybridized carbons (Fsp3) is 0.0741. The number of aromatic nitrogens is 2. The zero-order chi connectivity index (χ0) is 26.8. The van der Waals surface area contributed by atoms with Gasteiger partial charge in [-0.2, -0.15) is 9.78 Å². The molecule has 0 aliphatic carbocycles. The van der Waals surface area contributed by atoms with E-state index in [1.54, 1.807) is 48.5 Å². The predicted molar refractivity (Wildman–Crippen MR) is 145 cm³/mol. The number of halogens is 1. The summed E-state index contributed by atoms with van der Waals surface area (Å²) >= 11 is 6.12. The second-order valence-corrected chi connectivity index (χ2v) is 8.47. The minimum atomic E-state index is -0.590. The van der Waals surface area contributed by atoms with Gasteiger partial charge >= 0.3 is 5.69 Å². The van der Waals surface area contributed by atoms with Gasteiger partial charge in [0.2, 0.25) is 11.6 Å². The third-order valence-electron chi connectivity index (χ3n) is 5.59. The van der Waals surface area contributed by atoms with Crippen LogP contribution in [-0.2, 0) is 0 Å². The number of nitrogens with zero attached hydrogens (tertiary/aromatic N) is 4. The highest BCUT2D eigenvalue weighted by Crippen LogP contribution is 2.38. The van der Waals surface area contributed by atoms with E-state index < -0.39 is 10.5 Å². The van der Waals surface area contributed by atoms with Crippen molar-refractivity contribution in [3.63, 3.8) is 0 Å². The van der Waals surface area contributed by atoms with Gasteiger partial charge in [-0.05, 0) is 42.5 Å². The number of nitro groups is 1. The third kappa shape index (κ3) is 4.60. The average molecular weight is 531 g/mol. The molecular weight excluding hydrogens is 512 g/mol. The minimum Gasteiger partial charge on any atom is -0.493 e. The Hall–Kier alpha value is -4.96. The number of methoxy groups -OCH3 is 1. The monoisotopic (exact) mass is 530 g/mol. The number of ether oxygens (including phenoxy) is 2. The summed E-state index contributed by atoms with van der Waals surface area (Å²) in [5.41, 5.74) is 0.525. The van der Waals surface area contributed by atoms with E-state index in [1.165, 1.54) is 31.5 Å². The Kier molecular flexibility index (Phi) is 6.63. The summed E-state index contributed by atoms with van der Waals surface area (Å²) in [6.45, 7) is 3.61. The molecule has 0 aliphatic heterocycles. The number of para-hydroxylation sites is 1. The van der Waals surface area contributed by atoms with Crippen molar-refractivity contribution in [2.75, 3.05) is 13.7 Å². The van der Waals surface area contributed by atoms with Crippen molar-refractivity contribution in [2.24, 2.45) is 5.10 Å². The summed E-state index contributed by atoms with van der Waals surface area (Å²) in [7, 11) is 1.37. The molecule has 11 heteroatoms. The Balaban J connectivity index is 1.68. The number of rotatable bonds is 8. The first kappa shape index (κ1) is 24.7. The Morgan fingerprint density at radius 3 is 2.79 bits per heavy atom. The lowest BCUT2D eigenvalue weighted by molar-refractivity contribution is -0.385. The summed E-state index contributed by atoms with van der Waals surface area (Å²) < 4.78 is 17.8. The molecule has 3 aromatic carbocycles. The molecule has 0 aliphatic rings. The van der Waals surface area contributed by atoms with Crippen molar-refractivity contribution in [1.29, 1.82) is 0 Å². The molecule has 0 N–H and O–H groups in total. The lowest BCUT2D eigenvalue weighted by atomic mass is 10.2. The first-order chi connectivity index (χ1) is 18.4. The number of hydrogen-bond donors (Lipinski definition) is 0. The van der Waals surface area contributed by atoms with Crippen molar-refractivity contribution in [1.82, 2.24) is 9.66 Å². The van der Waals surface area contributed by atoms with E-state index in [4.69, 9.17) is 25.5 Å². The van der Waals surface area contributed by atoms with Gasteiger partial charge in [-0.3, -0.25) is 14.9 Å². The van der Waals surface area contributed by atoms with Crippen molar-refractivity contribution < 1.29 is 18.8 Å². The average Bonchev–Trinajstić information content (AvgIpc) is 3.34. The Morgan fingerprint density at radius 2 is 2.03 bits per heavy atom. The number of nitro benzene ring substituents is 1. The van der Waals surface area contributed by atoms with Crippen LogP contribution >= 0.6 is 11.6 Å². The van der Waals surface area contributed by atoms with Crippen LogP contribution in [-0.4, -0.2) is 34.5 Å². The minimum absolute atomic E-state index is 0.0410. The number of furan rings is 1. The molecule has 10 nitrogen and oxygen atoms in total. The lowest BCUT2D eigenvalue weighted by Gasteiger charge is -2.11. The van der Waals surface area contributed by atoms with Gasteiger partial charge in [0.05, 0.1) is 29.2 Å². The molecule has 190 valence electrons. The molecule has 5 rings (SSSR count). The quantitative estimate of drug-likeness (QED) is 0.107. The van der Waals surface area contributed by atoms with Gasteiger partial charge in [-0.15, -0.1) is 0 Å². The molecule has 0 spiro atoms. The fourth-order valence-electron chi connectivity index (χ4n) is 3.90. The van der Waals surface area contributed by atoms with Gasteiger partial charge in [0, 0.05) is 22.0 Å². The summed E-state index contributed by atoms with van der Waals surface area (Å²) in [6.07, 6.45) is 2.76. The van der Waals surface area contributed by atoms with Crippen molar-refractivity contribution in [2.45, 2.75) is 0 Å². The zero-order valence-electron chi connectivity index (χ0n) is 20.0.